The van der Waals surface area contributed by atoms with Crippen LogP contribution in [0.2, 0.25) is 0 Å². The minimum atomic E-state index is -0.462. The highest BCUT2D eigenvalue weighted by atomic mass is 16.6. The van der Waals surface area contributed by atoms with Gasteiger partial charge in [0.15, 0.2) is 0 Å². The summed E-state index contributed by atoms with van der Waals surface area (Å²) in [6, 6.07) is 0.852. The van der Waals surface area contributed by atoms with Crippen LogP contribution < -0.4 is 10.6 Å². The van der Waals surface area contributed by atoms with E-state index in [0.717, 1.165) is 39.0 Å². The SMILES string of the molecule is CN1CCC(NC2C(NC(=O)OC(C)(C)C)C3CCOC32)CC1. The van der Waals surface area contributed by atoms with Crippen LogP contribution in [-0.4, -0.2) is 67.6 Å². The number of nitrogens with one attached hydrogen (secondary N) is 2. The van der Waals surface area contributed by atoms with Gasteiger partial charge in [0.25, 0.3) is 0 Å². The van der Waals surface area contributed by atoms with Crippen molar-refractivity contribution >= 4 is 6.09 Å². The van der Waals surface area contributed by atoms with E-state index in [1.165, 1.54) is 0 Å². The van der Waals surface area contributed by atoms with Gasteiger partial charge in [0.05, 0.1) is 18.2 Å². The molecule has 3 aliphatic rings. The molecule has 0 spiro atoms. The Labute approximate surface area is 139 Å². The summed E-state index contributed by atoms with van der Waals surface area (Å²) in [5.74, 6) is 0.422. The molecular formula is C17H31N3O3. The Morgan fingerprint density at radius 2 is 1.87 bits per heavy atom. The Morgan fingerprint density at radius 3 is 2.52 bits per heavy atom. The fraction of sp³-hybridized carbons (Fsp3) is 0.941. The second kappa shape index (κ2) is 6.57. The van der Waals surface area contributed by atoms with E-state index in [1.54, 1.807) is 0 Å². The highest BCUT2D eigenvalue weighted by molar-refractivity contribution is 5.68. The molecule has 2 N–H and O–H groups in total. The molecule has 4 unspecified atom stereocenters. The molecule has 3 fully saturated rings. The van der Waals surface area contributed by atoms with Gasteiger partial charge in [-0.05, 0) is 60.2 Å². The third-order valence-electron chi connectivity index (χ3n) is 5.22. The van der Waals surface area contributed by atoms with Crippen LogP contribution in [0.3, 0.4) is 0 Å². The van der Waals surface area contributed by atoms with E-state index >= 15 is 0 Å². The molecule has 132 valence electrons. The first-order chi connectivity index (χ1) is 10.8. The lowest BCUT2D eigenvalue weighted by Gasteiger charge is -2.50. The minimum absolute atomic E-state index is 0.122. The highest BCUT2D eigenvalue weighted by Gasteiger charge is 2.55. The monoisotopic (exact) mass is 325 g/mol. The van der Waals surface area contributed by atoms with Gasteiger partial charge in [-0.15, -0.1) is 0 Å². The fourth-order valence-electron chi connectivity index (χ4n) is 3.99. The van der Waals surface area contributed by atoms with Crippen molar-refractivity contribution in [3.8, 4) is 0 Å². The number of nitrogens with zero attached hydrogens (tertiary/aromatic N) is 1. The summed E-state index contributed by atoms with van der Waals surface area (Å²) >= 11 is 0. The number of hydrogen-bond donors (Lipinski definition) is 2. The molecule has 1 amide bonds. The maximum absolute atomic E-state index is 12.1. The summed E-state index contributed by atoms with van der Waals surface area (Å²) in [4.78, 5) is 14.5. The first-order valence-electron chi connectivity index (χ1n) is 8.89. The number of piperidine rings is 1. The third-order valence-corrected chi connectivity index (χ3v) is 5.22. The molecule has 3 rings (SSSR count). The van der Waals surface area contributed by atoms with Gasteiger partial charge < -0.3 is 25.0 Å². The van der Waals surface area contributed by atoms with E-state index in [4.69, 9.17) is 9.47 Å². The number of carbonyl (C=O) groups is 1. The number of alkyl carbamates (subject to hydrolysis) is 1. The van der Waals surface area contributed by atoms with Crippen molar-refractivity contribution in [3.05, 3.63) is 0 Å². The molecule has 0 aromatic carbocycles. The summed E-state index contributed by atoms with van der Waals surface area (Å²) in [6.07, 6.45) is 3.27. The summed E-state index contributed by atoms with van der Waals surface area (Å²) in [7, 11) is 2.17. The minimum Gasteiger partial charge on any atom is -0.444 e. The quantitative estimate of drug-likeness (QED) is 0.820. The molecule has 2 aliphatic heterocycles. The maximum atomic E-state index is 12.1. The summed E-state index contributed by atoms with van der Waals surface area (Å²) < 4.78 is 11.3. The molecule has 2 saturated heterocycles. The van der Waals surface area contributed by atoms with Gasteiger partial charge in [0.2, 0.25) is 0 Å². The molecule has 0 radical (unpaired) electrons. The van der Waals surface area contributed by atoms with E-state index in [-0.39, 0.29) is 24.3 Å². The second-order valence-electron chi connectivity index (χ2n) is 8.23. The maximum Gasteiger partial charge on any atom is 0.407 e. The zero-order valence-corrected chi connectivity index (χ0v) is 14.8. The lowest BCUT2D eigenvalue weighted by Crippen LogP contribution is -2.72. The Morgan fingerprint density at radius 1 is 1.17 bits per heavy atom. The van der Waals surface area contributed by atoms with Crippen molar-refractivity contribution in [2.24, 2.45) is 5.92 Å². The number of rotatable bonds is 3. The Bertz CT molecular complexity index is 429. The van der Waals surface area contributed by atoms with Gasteiger partial charge in [0, 0.05) is 18.6 Å². The van der Waals surface area contributed by atoms with Crippen molar-refractivity contribution in [1.29, 1.82) is 0 Å². The van der Waals surface area contributed by atoms with Gasteiger partial charge >= 0.3 is 6.09 Å². The van der Waals surface area contributed by atoms with E-state index in [0.29, 0.717) is 12.0 Å². The van der Waals surface area contributed by atoms with Gasteiger partial charge in [-0.1, -0.05) is 0 Å². The summed E-state index contributed by atoms with van der Waals surface area (Å²) in [6.45, 7) is 8.73. The highest BCUT2D eigenvalue weighted by Crippen LogP contribution is 2.39. The molecule has 6 heteroatoms. The van der Waals surface area contributed by atoms with Gasteiger partial charge in [-0.2, -0.15) is 0 Å². The molecule has 0 aromatic heterocycles. The Balaban J connectivity index is 1.56. The molecule has 23 heavy (non-hydrogen) atoms. The standard InChI is InChI=1S/C17H31N3O3/c1-17(2,3)23-16(21)19-13-12-7-10-22-15(12)14(13)18-11-5-8-20(4)9-6-11/h11-15,18H,5-10H2,1-4H3,(H,19,21). The molecule has 4 atom stereocenters. The van der Waals surface area contributed by atoms with Crippen molar-refractivity contribution < 1.29 is 14.3 Å². The van der Waals surface area contributed by atoms with E-state index in [2.05, 4.69) is 22.6 Å². The van der Waals surface area contributed by atoms with Gasteiger partial charge in [-0.3, -0.25) is 0 Å². The van der Waals surface area contributed by atoms with Crippen LogP contribution in [0.5, 0.6) is 0 Å². The van der Waals surface area contributed by atoms with Crippen molar-refractivity contribution in [2.75, 3.05) is 26.7 Å². The lowest BCUT2D eigenvalue weighted by molar-refractivity contribution is -0.0398. The Hall–Kier alpha value is -0.850. The lowest BCUT2D eigenvalue weighted by atomic mass is 9.71. The third kappa shape index (κ3) is 3.98. The van der Waals surface area contributed by atoms with Gasteiger partial charge in [0.1, 0.15) is 5.60 Å². The van der Waals surface area contributed by atoms with E-state index in [9.17, 15) is 4.79 Å². The Kier molecular flexibility index (Phi) is 4.85. The van der Waals surface area contributed by atoms with E-state index in [1.807, 2.05) is 20.8 Å². The predicted molar refractivity (Wildman–Crippen MR) is 88.4 cm³/mol. The fourth-order valence-corrected chi connectivity index (χ4v) is 3.99. The number of fused-ring (bicyclic) bond motifs is 1. The normalized spacial score (nSPS) is 35.5. The number of carbonyl (C=O) groups excluding carboxylic acids is 1. The van der Waals surface area contributed by atoms with Crippen LogP contribution in [0.4, 0.5) is 4.79 Å². The molecule has 0 aromatic rings. The summed E-state index contributed by atoms with van der Waals surface area (Å²) in [5, 5.41) is 6.82. The van der Waals surface area contributed by atoms with Crippen LogP contribution in [0.25, 0.3) is 0 Å². The number of likely N-dealkylation sites (tertiary alicyclic amines) is 1. The average molecular weight is 325 g/mol. The van der Waals surface area contributed by atoms with Crippen LogP contribution in [0.15, 0.2) is 0 Å². The van der Waals surface area contributed by atoms with Crippen LogP contribution in [0.1, 0.15) is 40.0 Å². The van der Waals surface area contributed by atoms with Gasteiger partial charge in [-0.25, -0.2) is 4.79 Å². The summed E-state index contributed by atoms with van der Waals surface area (Å²) in [5.41, 5.74) is -0.462. The first-order valence-corrected chi connectivity index (χ1v) is 8.89. The molecule has 1 aliphatic carbocycles. The number of amides is 1. The predicted octanol–water partition coefficient (Wildman–Crippen LogP) is 1.35. The van der Waals surface area contributed by atoms with Crippen molar-refractivity contribution in [3.63, 3.8) is 0 Å². The molecular weight excluding hydrogens is 294 g/mol. The number of ether oxygens (including phenoxy) is 2. The number of hydrogen-bond acceptors (Lipinski definition) is 5. The van der Waals surface area contributed by atoms with Crippen LogP contribution in [-0.2, 0) is 9.47 Å². The molecule has 6 nitrogen and oxygen atoms in total. The van der Waals surface area contributed by atoms with Crippen molar-refractivity contribution in [1.82, 2.24) is 15.5 Å². The molecule has 2 heterocycles. The van der Waals surface area contributed by atoms with Crippen molar-refractivity contribution in [2.45, 2.75) is 69.9 Å². The average Bonchev–Trinajstić information content (AvgIpc) is 2.87. The van der Waals surface area contributed by atoms with Crippen LogP contribution >= 0.6 is 0 Å². The second-order valence-corrected chi connectivity index (χ2v) is 8.23. The topological polar surface area (TPSA) is 62.8 Å². The smallest absolute Gasteiger partial charge is 0.407 e. The van der Waals surface area contributed by atoms with Crippen LogP contribution in [0, 0.1) is 5.92 Å². The molecule has 1 saturated carbocycles. The first kappa shape index (κ1) is 17.0. The zero-order chi connectivity index (χ0) is 16.6. The molecule has 0 bridgehead atoms. The van der Waals surface area contributed by atoms with E-state index < -0.39 is 5.60 Å². The largest absolute Gasteiger partial charge is 0.444 e. The zero-order valence-electron chi connectivity index (χ0n) is 14.8.